The highest BCUT2D eigenvalue weighted by Crippen LogP contribution is 2.43. The Hall–Kier alpha value is -1.77. The van der Waals surface area contributed by atoms with Crippen LogP contribution in [0, 0.1) is 0 Å². The number of aryl methyl sites for hydroxylation is 1. The third kappa shape index (κ3) is 3.19. The molecular weight excluding hydrogens is 360 g/mol. The summed E-state index contributed by atoms with van der Waals surface area (Å²) < 4.78 is 7.29. The van der Waals surface area contributed by atoms with Gasteiger partial charge in [0.1, 0.15) is 11.2 Å². The lowest BCUT2D eigenvalue weighted by Gasteiger charge is -2.26. The fraction of sp³-hybridized carbons (Fsp3) is 0.632. The molecule has 0 unspecified atom stereocenters. The summed E-state index contributed by atoms with van der Waals surface area (Å²) in [7, 11) is 0. The Kier molecular flexibility index (Phi) is 4.71. The van der Waals surface area contributed by atoms with Crippen molar-refractivity contribution in [3.8, 4) is 0 Å². The number of ether oxygens (including phenoxy) is 1. The Bertz CT molecular complexity index is 945. The Morgan fingerprint density at radius 1 is 1.33 bits per heavy atom. The van der Waals surface area contributed by atoms with Gasteiger partial charge in [-0.2, -0.15) is 9.61 Å². The zero-order chi connectivity index (χ0) is 18.2. The summed E-state index contributed by atoms with van der Waals surface area (Å²) in [5, 5.41) is 9.17. The number of thiophene rings is 1. The van der Waals surface area contributed by atoms with E-state index in [0.717, 1.165) is 62.2 Å². The molecule has 2 aliphatic rings. The highest BCUT2D eigenvalue weighted by Gasteiger charge is 2.25. The molecule has 0 spiro atoms. The van der Waals surface area contributed by atoms with Crippen LogP contribution in [-0.2, 0) is 11.2 Å². The fourth-order valence-corrected chi connectivity index (χ4v) is 5.67. The molecule has 27 heavy (non-hydrogen) atoms. The van der Waals surface area contributed by atoms with Crippen molar-refractivity contribution >= 4 is 33.1 Å². The van der Waals surface area contributed by atoms with E-state index in [0.29, 0.717) is 5.92 Å². The van der Waals surface area contributed by atoms with Crippen LogP contribution in [0.1, 0.15) is 42.5 Å². The molecule has 8 heteroatoms. The molecule has 5 rings (SSSR count). The van der Waals surface area contributed by atoms with E-state index in [1.165, 1.54) is 35.1 Å². The van der Waals surface area contributed by atoms with Crippen molar-refractivity contribution in [2.24, 2.45) is 0 Å². The number of morpholine rings is 1. The van der Waals surface area contributed by atoms with E-state index in [-0.39, 0.29) is 0 Å². The molecule has 3 aromatic heterocycles. The predicted molar refractivity (Wildman–Crippen MR) is 108 cm³/mol. The maximum Gasteiger partial charge on any atom is 0.227 e. The number of nitrogens with one attached hydrogen (secondary N) is 1. The molecule has 0 amide bonds. The van der Waals surface area contributed by atoms with Gasteiger partial charge in [-0.1, -0.05) is 6.92 Å². The second-order valence-electron chi connectivity index (χ2n) is 7.58. The first-order valence-corrected chi connectivity index (χ1v) is 10.8. The monoisotopic (exact) mass is 386 g/mol. The molecule has 4 heterocycles. The first-order chi connectivity index (χ1) is 13.3. The van der Waals surface area contributed by atoms with Gasteiger partial charge in [-0.05, 0) is 43.7 Å². The van der Waals surface area contributed by atoms with Gasteiger partial charge in [0.25, 0.3) is 0 Å². The SMILES string of the molecule is C[C@@H]1CCCc2sc3nc(NCCCN4CCOCC4)n4ncnc4c3c21. The van der Waals surface area contributed by atoms with Crippen LogP contribution in [0.4, 0.5) is 5.95 Å². The molecule has 1 N–H and O–H groups in total. The van der Waals surface area contributed by atoms with E-state index in [1.807, 2.05) is 15.9 Å². The molecule has 144 valence electrons. The summed E-state index contributed by atoms with van der Waals surface area (Å²) in [5.41, 5.74) is 2.41. The van der Waals surface area contributed by atoms with E-state index >= 15 is 0 Å². The largest absolute Gasteiger partial charge is 0.379 e. The van der Waals surface area contributed by atoms with E-state index < -0.39 is 0 Å². The van der Waals surface area contributed by atoms with Crippen molar-refractivity contribution < 1.29 is 4.74 Å². The van der Waals surface area contributed by atoms with Crippen molar-refractivity contribution in [3.05, 3.63) is 16.8 Å². The minimum absolute atomic E-state index is 0.581. The summed E-state index contributed by atoms with van der Waals surface area (Å²) in [6.07, 6.45) is 6.42. The minimum Gasteiger partial charge on any atom is -0.379 e. The van der Waals surface area contributed by atoms with Crippen molar-refractivity contribution in [2.75, 3.05) is 44.7 Å². The number of hydrogen-bond donors (Lipinski definition) is 1. The van der Waals surface area contributed by atoms with E-state index in [4.69, 9.17) is 9.72 Å². The molecular formula is C19H26N6OS. The van der Waals surface area contributed by atoms with Crippen LogP contribution in [-0.4, -0.2) is 63.9 Å². The minimum atomic E-state index is 0.581. The lowest BCUT2D eigenvalue weighted by molar-refractivity contribution is 0.0378. The van der Waals surface area contributed by atoms with E-state index in [2.05, 4.69) is 27.2 Å². The molecule has 1 atom stereocenters. The first-order valence-electron chi connectivity index (χ1n) is 10.0. The number of aromatic nitrogens is 4. The standard InChI is InChI=1S/C19H26N6OS/c1-13-4-2-5-14-15(13)16-17-21-12-22-25(17)19(23-18(16)27-14)20-6-3-7-24-8-10-26-11-9-24/h12-13H,2-11H2,1H3,(H,20,23)/t13-/m1/s1. The molecule has 1 saturated heterocycles. The second-order valence-corrected chi connectivity index (χ2v) is 8.66. The van der Waals surface area contributed by atoms with Crippen LogP contribution in [0.2, 0.25) is 0 Å². The van der Waals surface area contributed by atoms with Crippen LogP contribution in [0.5, 0.6) is 0 Å². The topological polar surface area (TPSA) is 67.6 Å². The normalized spacial score (nSPS) is 21.0. The Morgan fingerprint density at radius 2 is 2.22 bits per heavy atom. The van der Waals surface area contributed by atoms with Gasteiger partial charge in [0.2, 0.25) is 5.95 Å². The second kappa shape index (κ2) is 7.33. The number of nitrogens with zero attached hydrogens (tertiary/aromatic N) is 5. The highest BCUT2D eigenvalue weighted by molar-refractivity contribution is 7.19. The van der Waals surface area contributed by atoms with Gasteiger partial charge in [0.05, 0.1) is 18.6 Å². The molecule has 0 bridgehead atoms. The predicted octanol–water partition coefficient (Wildman–Crippen LogP) is 2.91. The maximum atomic E-state index is 5.41. The summed E-state index contributed by atoms with van der Waals surface area (Å²) in [6, 6.07) is 0. The van der Waals surface area contributed by atoms with Crippen molar-refractivity contribution in [1.29, 1.82) is 0 Å². The highest BCUT2D eigenvalue weighted by atomic mass is 32.1. The molecule has 3 aromatic rings. The van der Waals surface area contributed by atoms with Crippen molar-refractivity contribution in [2.45, 2.75) is 38.5 Å². The van der Waals surface area contributed by atoms with Crippen LogP contribution in [0.15, 0.2) is 6.33 Å². The smallest absolute Gasteiger partial charge is 0.227 e. The van der Waals surface area contributed by atoms with Gasteiger partial charge >= 0.3 is 0 Å². The van der Waals surface area contributed by atoms with Gasteiger partial charge in [-0.15, -0.1) is 11.3 Å². The van der Waals surface area contributed by atoms with Gasteiger partial charge in [-0.25, -0.2) is 9.97 Å². The van der Waals surface area contributed by atoms with E-state index in [1.54, 1.807) is 6.33 Å². The fourth-order valence-electron chi connectivity index (χ4n) is 4.34. The molecule has 1 aliphatic carbocycles. The van der Waals surface area contributed by atoms with Crippen LogP contribution in [0.25, 0.3) is 15.9 Å². The molecule has 0 radical (unpaired) electrons. The zero-order valence-corrected chi connectivity index (χ0v) is 16.6. The van der Waals surface area contributed by atoms with Gasteiger partial charge < -0.3 is 10.1 Å². The lowest BCUT2D eigenvalue weighted by Crippen LogP contribution is -2.37. The van der Waals surface area contributed by atoms with Crippen LogP contribution in [0.3, 0.4) is 0 Å². The molecule has 7 nitrogen and oxygen atoms in total. The summed E-state index contributed by atoms with van der Waals surface area (Å²) >= 11 is 1.84. The third-order valence-corrected chi connectivity index (χ3v) is 6.91. The Morgan fingerprint density at radius 3 is 3.11 bits per heavy atom. The molecule has 0 aromatic carbocycles. The maximum absolute atomic E-state index is 5.41. The zero-order valence-electron chi connectivity index (χ0n) is 15.8. The van der Waals surface area contributed by atoms with Crippen LogP contribution >= 0.6 is 11.3 Å². The average Bonchev–Trinajstić information content (AvgIpc) is 3.30. The van der Waals surface area contributed by atoms with Gasteiger partial charge in [0, 0.05) is 24.5 Å². The number of hydrogen-bond acceptors (Lipinski definition) is 7. The molecule has 1 aliphatic heterocycles. The third-order valence-electron chi connectivity index (χ3n) is 5.75. The van der Waals surface area contributed by atoms with Crippen molar-refractivity contribution in [3.63, 3.8) is 0 Å². The summed E-state index contributed by atoms with van der Waals surface area (Å²) in [4.78, 5) is 14.6. The van der Waals surface area contributed by atoms with Crippen molar-refractivity contribution in [1.82, 2.24) is 24.5 Å². The Labute approximate surface area is 162 Å². The first kappa shape index (κ1) is 17.3. The van der Waals surface area contributed by atoms with Gasteiger partial charge in [-0.3, -0.25) is 4.90 Å². The number of anilines is 1. The van der Waals surface area contributed by atoms with Crippen LogP contribution < -0.4 is 5.32 Å². The lowest BCUT2D eigenvalue weighted by atomic mass is 9.87. The molecule has 1 fully saturated rings. The van der Waals surface area contributed by atoms with E-state index in [9.17, 15) is 0 Å². The summed E-state index contributed by atoms with van der Waals surface area (Å²) in [6.45, 7) is 8.08. The quantitative estimate of drug-likeness (QED) is 0.680. The Balaban J connectivity index is 1.38. The average molecular weight is 387 g/mol. The van der Waals surface area contributed by atoms with Gasteiger partial charge in [0.15, 0.2) is 5.65 Å². The number of rotatable bonds is 5. The summed E-state index contributed by atoms with van der Waals surface area (Å²) in [5.74, 6) is 1.39. The molecule has 0 saturated carbocycles. The number of fused-ring (bicyclic) bond motifs is 5.